The third-order valence-corrected chi connectivity index (χ3v) is 4.82. The molecule has 3 rings (SSSR count). The number of halogens is 2. The zero-order valence-corrected chi connectivity index (χ0v) is 18.8. The molecule has 0 spiro atoms. The van der Waals surface area contributed by atoms with E-state index in [1.54, 1.807) is 12.3 Å². The van der Waals surface area contributed by atoms with Gasteiger partial charge in [-0.1, -0.05) is 31.2 Å². The van der Waals surface area contributed by atoms with Crippen molar-refractivity contribution in [2.75, 3.05) is 24.5 Å². The largest absolute Gasteiger partial charge is 0.357 e. The van der Waals surface area contributed by atoms with Crippen LogP contribution in [0, 0.1) is 5.82 Å². The topological polar surface area (TPSA) is 52.6 Å². The van der Waals surface area contributed by atoms with Gasteiger partial charge >= 0.3 is 0 Å². The molecule has 28 heavy (non-hydrogen) atoms. The molecular weight excluding hydrogens is 468 g/mol. The van der Waals surface area contributed by atoms with E-state index in [1.165, 1.54) is 17.2 Å². The number of rotatable bonds is 6. The maximum absolute atomic E-state index is 14.0. The Morgan fingerprint density at radius 2 is 2.00 bits per heavy atom. The van der Waals surface area contributed by atoms with Crippen LogP contribution in [0.3, 0.4) is 0 Å². The summed E-state index contributed by atoms with van der Waals surface area (Å²) in [7, 11) is 0. The molecule has 0 aliphatic carbocycles. The van der Waals surface area contributed by atoms with Gasteiger partial charge in [0.2, 0.25) is 0 Å². The summed E-state index contributed by atoms with van der Waals surface area (Å²) < 4.78 is 14.0. The van der Waals surface area contributed by atoms with Crippen LogP contribution in [-0.4, -0.2) is 36.6 Å². The van der Waals surface area contributed by atoms with Crippen molar-refractivity contribution < 1.29 is 4.39 Å². The predicted molar refractivity (Wildman–Crippen MR) is 124 cm³/mol. The number of guanidine groups is 1. The minimum Gasteiger partial charge on any atom is -0.357 e. The molecule has 0 amide bonds. The van der Waals surface area contributed by atoms with Crippen molar-refractivity contribution in [2.24, 2.45) is 4.99 Å². The first-order chi connectivity index (χ1) is 13.2. The molecule has 1 aliphatic rings. The summed E-state index contributed by atoms with van der Waals surface area (Å²) in [5, 5.41) is 6.80. The molecule has 1 aromatic heterocycles. The molecule has 7 heteroatoms. The van der Waals surface area contributed by atoms with Crippen molar-refractivity contribution in [1.82, 2.24) is 15.6 Å². The van der Waals surface area contributed by atoms with Gasteiger partial charge < -0.3 is 15.5 Å². The number of pyridine rings is 1. The highest BCUT2D eigenvalue weighted by Crippen LogP contribution is 2.20. The fraction of sp³-hybridized carbons (Fsp3) is 0.429. The molecule has 1 unspecified atom stereocenters. The van der Waals surface area contributed by atoms with Crippen molar-refractivity contribution in [2.45, 2.75) is 39.3 Å². The molecule has 1 aromatic carbocycles. The van der Waals surface area contributed by atoms with Gasteiger partial charge in [-0.2, -0.15) is 0 Å². The quantitative estimate of drug-likeness (QED) is 0.363. The van der Waals surface area contributed by atoms with Crippen molar-refractivity contribution in [3.05, 3.63) is 59.5 Å². The second kappa shape index (κ2) is 11.2. The van der Waals surface area contributed by atoms with Gasteiger partial charge in [-0.3, -0.25) is 0 Å². The van der Waals surface area contributed by atoms with Crippen molar-refractivity contribution in [3.8, 4) is 0 Å². The predicted octanol–water partition coefficient (Wildman–Crippen LogP) is 3.74. The van der Waals surface area contributed by atoms with E-state index >= 15 is 0 Å². The van der Waals surface area contributed by atoms with Crippen LogP contribution in [0.25, 0.3) is 0 Å². The van der Waals surface area contributed by atoms with E-state index in [0.717, 1.165) is 31.9 Å². The van der Waals surface area contributed by atoms with Gasteiger partial charge in [-0.25, -0.2) is 14.4 Å². The van der Waals surface area contributed by atoms with Crippen molar-refractivity contribution in [1.29, 1.82) is 0 Å². The lowest BCUT2D eigenvalue weighted by molar-refractivity contribution is 0.612. The maximum atomic E-state index is 14.0. The van der Waals surface area contributed by atoms with E-state index in [0.29, 0.717) is 18.9 Å². The SMILES string of the molecule is CCNC(=NCc1ccccc1CC)NC1CCN(c2ncccc2F)C1.I. The van der Waals surface area contributed by atoms with E-state index in [4.69, 9.17) is 4.99 Å². The van der Waals surface area contributed by atoms with E-state index in [9.17, 15) is 4.39 Å². The lowest BCUT2D eigenvalue weighted by atomic mass is 10.1. The molecule has 5 nitrogen and oxygen atoms in total. The minimum atomic E-state index is -0.269. The molecular formula is C21H29FIN5. The second-order valence-electron chi connectivity index (χ2n) is 6.70. The highest BCUT2D eigenvalue weighted by molar-refractivity contribution is 14.0. The smallest absolute Gasteiger partial charge is 0.191 e. The molecule has 1 atom stereocenters. The summed E-state index contributed by atoms with van der Waals surface area (Å²) in [5.74, 6) is 0.965. The third kappa shape index (κ3) is 5.80. The molecule has 2 N–H and O–H groups in total. The number of nitrogens with zero attached hydrogens (tertiary/aromatic N) is 3. The lowest BCUT2D eigenvalue weighted by Gasteiger charge is -2.20. The van der Waals surface area contributed by atoms with Crippen LogP contribution in [-0.2, 0) is 13.0 Å². The number of anilines is 1. The summed E-state index contributed by atoms with van der Waals surface area (Å²) in [4.78, 5) is 10.9. The number of aromatic nitrogens is 1. The van der Waals surface area contributed by atoms with Crippen LogP contribution >= 0.6 is 24.0 Å². The van der Waals surface area contributed by atoms with Crippen molar-refractivity contribution >= 4 is 35.8 Å². The number of benzene rings is 1. The summed E-state index contributed by atoms with van der Waals surface area (Å²) in [6.45, 7) is 7.15. The van der Waals surface area contributed by atoms with E-state index < -0.39 is 0 Å². The van der Waals surface area contributed by atoms with Gasteiger partial charge in [0.25, 0.3) is 0 Å². The van der Waals surface area contributed by atoms with Crippen LogP contribution < -0.4 is 15.5 Å². The van der Waals surface area contributed by atoms with E-state index in [2.05, 4.69) is 53.7 Å². The monoisotopic (exact) mass is 497 g/mol. The van der Waals surface area contributed by atoms with Crippen LogP contribution in [0.4, 0.5) is 10.2 Å². The van der Waals surface area contributed by atoms with Crippen LogP contribution in [0.2, 0.25) is 0 Å². The highest BCUT2D eigenvalue weighted by Gasteiger charge is 2.25. The maximum Gasteiger partial charge on any atom is 0.191 e. The summed E-state index contributed by atoms with van der Waals surface area (Å²) in [6.07, 6.45) is 3.56. The molecule has 1 fully saturated rings. The summed E-state index contributed by atoms with van der Waals surface area (Å²) >= 11 is 0. The van der Waals surface area contributed by atoms with Crippen LogP contribution in [0.1, 0.15) is 31.4 Å². The van der Waals surface area contributed by atoms with Crippen molar-refractivity contribution in [3.63, 3.8) is 0 Å². The van der Waals surface area contributed by atoms with Gasteiger partial charge in [-0.15, -0.1) is 24.0 Å². The zero-order chi connectivity index (χ0) is 19.1. The van der Waals surface area contributed by atoms with Crippen LogP contribution in [0.5, 0.6) is 0 Å². The molecule has 2 aromatic rings. The zero-order valence-electron chi connectivity index (χ0n) is 16.5. The van der Waals surface area contributed by atoms with Gasteiger partial charge in [0.15, 0.2) is 17.6 Å². The normalized spacial score (nSPS) is 16.6. The van der Waals surface area contributed by atoms with Gasteiger partial charge in [0.05, 0.1) is 6.54 Å². The first-order valence-corrected chi connectivity index (χ1v) is 9.68. The first-order valence-electron chi connectivity index (χ1n) is 9.68. The molecule has 2 heterocycles. The molecule has 0 bridgehead atoms. The fourth-order valence-electron chi connectivity index (χ4n) is 3.41. The standard InChI is InChI=1S/C21H28FN5.HI/c1-3-16-8-5-6-9-17(16)14-25-21(23-4-2)26-18-11-13-27(15-18)20-19(22)10-7-12-24-20;/h5-10,12,18H,3-4,11,13-15H2,1-2H3,(H2,23,25,26);1H. The van der Waals surface area contributed by atoms with Gasteiger partial charge in [0.1, 0.15) is 0 Å². The number of nitrogens with one attached hydrogen (secondary N) is 2. The number of hydrogen-bond donors (Lipinski definition) is 2. The number of aliphatic imine (C=N–C) groups is 1. The third-order valence-electron chi connectivity index (χ3n) is 4.82. The Bertz CT molecular complexity index is 783. The van der Waals surface area contributed by atoms with E-state index in [1.807, 2.05) is 4.90 Å². The number of aryl methyl sites for hydroxylation is 1. The lowest BCUT2D eigenvalue weighted by Crippen LogP contribution is -2.44. The Morgan fingerprint density at radius 3 is 2.71 bits per heavy atom. The molecule has 1 saturated heterocycles. The van der Waals surface area contributed by atoms with E-state index in [-0.39, 0.29) is 35.8 Å². The highest BCUT2D eigenvalue weighted by atomic mass is 127. The Hall–Kier alpha value is -1.90. The average molecular weight is 497 g/mol. The van der Waals surface area contributed by atoms with Gasteiger partial charge in [0, 0.05) is 31.9 Å². The Labute approximate surface area is 183 Å². The number of hydrogen-bond acceptors (Lipinski definition) is 3. The molecule has 0 saturated carbocycles. The Balaban J connectivity index is 0.00000280. The van der Waals surface area contributed by atoms with Crippen LogP contribution in [0.15, 0.2) is 47.6 Å². The van der Waals surface area contributed by atoms with Gasteiger partial charge in [-0.05, 0) is 43.0 Å². The Morgan fingerprint density at radius 1 is 1.21 bits per heavy atom. The minimum absolute atomic E-state index is 0. The summed E-state index contributed by atoms with van der Waals surface area (Å²) in [6, 6.07) is 11.7. The molecule has 152 valence electrons. The average Bonchev–Trinajstić information content (AvgIpc) is 3.15. The molecule has 0 radical (unpaired) electrons. The molecule has 1 aliphatic heterocycles. The second-order valence-corrected chi connectivity index (χ2v) is 6.70. The first kappa shape index (κ1) is 22.4. The summed E-state index contributed by atoms with van der Waals surface area (Å²) in [5.41, 5.74) is 2.58. The Kier molecular flexibility index (Phi) is 8.95. The fourth-order valence-corrected chi connectivity index (χ4v) is 3.41.